The van der Waals surface area contributed by atoms with Crippen LogP contribution in [0.5, 0.6) is 0 Å². The van der Waals surface area contributed by atoms with Gasteiger partial charge in [0.2, 0.25) is 0 Å². The molecule has 0 saturated carbocycles. The third-order valence-corrected chi connectivity index (χ3v) is 7.19. The second kappa shape index (κ2) is 13.5. The number of aryl methyl sites for hydroxylation is 1. The molecule has 0 unspecified atom stereocenters. The fraction of sp³-hybridized carbons (Fsp3) is 0.312. The first-order valence-corrected chi connectivity index (χ1v) is 14.0. The minimum atomic E-state index is -0.554. The van der Waals surface area contributed by atoms with Gasteiger partial charge in [-0.1, -0.05) is 73.5 Å². The zero-order valence-electron chi connectivity index (χ0n) is 23.8. The lowest BCUT2D eigenvalue weighted by molar-refractivity contribution is 0.0601. The Morgan fingerprint density at radius 2 is 1.76 bits per heavy atom. The van der Waals surface area contributed by atoms with Gasteiger partial charge in [0.15, 0.2) is 0 Å². The quantitative estimate of drug-likeness (QED) is 0.235. The van der Waals surface area contributed by atoms with E-state index in [2.05, 4.69) is 10.1 Å². The second-order valence-electron chi connectivity index (χ2n) is 10.3. The summed E-state index contributed by atoms with van der Waals surface area (Å²) in [5.74, 6) is 0.182. The molecule has 214 valence electrons. The molecule has 0 radical (unpaired) electrons. The molecule has 0 aliphatic carbocycles. The Morgan fingerprint density at radius 1 is 1.05 bits per heavy atom. The maximum absolute atomic E-state index is 14.1. The number of carbonyl (C=O) groups excluding carboxylic acids is 2. The maximum Gasteiger partial charge on any atom is 0.406 e. The molecule has 1 heterocycles. The van der Waals surface area contributed by atoms with Crippen LogP contribution in [0.1, 0.15) is 53.6 Å². The van der Waals surface area contributed by atoms with E-state index in [4.69, 9.17) is 16.6 Å². The maximum atomic E-state index is 14.1. The van der Waals surface area contributed by atoms with E-state index in [-0.39, 0.29) is 17.4 Å². The molecule has 0 fully saturated rings. The highest BCUT2D eigenvalue weighted by Crippen LogP contribution is 2.31. The Hall–Kier alpha value is -4.17. The summed E-state index contributed by atoms with van der Waals surface area (Å²) < 4.78 is 6.35. The van der Waals surface area contributed by atoms with E-state index in [1.54, 1.807) is 39.8 Å². The monoisotopic (exact) mass is 574 g/mol. The Labute approximate surface area is 244 Å². The molecule has 0 bridgehead atoms. The van der Waals surface area contributed by atoms with E-state index >= 15 is 0 Å². The summed E-state index contributed by atoms with van der Waals surface area (Å²) >= 11 is 6.30. The summed E-state index contributed by atoms with van der Waals surface area (Å²) in [7, 11) is 1.31. The van der Waals surface area contributed by atoms with Crippen molar-refractivity contribution in [3.8, 4) is 0 Å². The number of hydrogen-bond donors (Lipinski definition) is 1. The highest BCUT2D eigenvalue weighted by molar-refractivity contribution is 6.31. The lowest BCUT2D eigenvalue weighted by Gasteiger charge is -2.35. The van der Waals surface area contributed by atoms with E-state index in [1.165, 1.54) is 7.11 Å². The number of hydrogen-bond acceptors (Lipinski definition) is 5. The van der Waals surface area contributed by atoms with E-state index in [0.29, 0.717) is 53.4 Å². The van der Waals surface area contributed by atoms with Gasteiger partial charge in [0.1, 0.15) is 5.82 Å². The van der Waals surface area contributed by atoms with Crippen LogP contribution in [0.25, 0.3) is 10.9 Å². The normalized spacial score (nSPS) is 11.9. The smallest absolute Gasteiger partial charge is 0.406 e. The molecule has 1 atom stereocenters. The summed E-state index contributed by atoms with van der Waals surface area (Å²) in [5.41, 5.74) is 2.78. The Morgan fingerprint density at radius 3 is 2.41 bits per heavy atom. The summed E-state index contributed by atoms with van der Waals surface area (Å²) in [5, 5.41) is 3.61. The predicted molar refractivity (Wildman–Crippen MR) is 161 cm³/mol. The molecule has 3 aromatic carbocycles. The van der Waals surface area contributed by atoms with Gasteiger partial charge in [0.25, 0.3) is 11.5 Å². The number of rotatable bonds is 10. The van der Waals surface area contributed by atoms with Gasteiger partial charge in [-0.3, -0.25) is 14.2 Å². The van der Waals surface area contributed by atoms with Crippen LogP contribution in [0, 0.1) is 12.8 Å². The average molecular weight is 575 g/mol. The Bertz CT molecular complexity index is 1570. The summed E-state index contributed by atoms with van der Waals surface area (Å²) in [6.45, 7) is 6.90. The zero-order valence-corrected chi connectivity index (χ0v) is 24.5. The lowest BCUT2D eigenvalue weighted by Crippen LogP contribution is -2.42. The molecular formula is C32H35ClN4O4. The number of nitrogens with zero attached hydrogens (tertiary/aromatic N) is 3. The number of carbonyl (C=O) groups is 2. The van der Waals surface area contributed by atoms with E-state index in [0.717, 1.165) is 11.1 Å². The van der Waals surface area contributed by atoms with E-state index < -0.39 is 12.1 Å². The van der Waals surface area contributed by atoms with Gasteiger partial charge < -0.3 is 15.0 Å². The predicted octanol–water partition coefficient (Wildman–Crippen LogP) is 5.99. The largest absolute Gasteiger partial charge is 0.453 e. The third kappa shape index (κ3) is 7.13. The highest BCUT2D eigenvalue weighted by Gasteiger charge is 2.32. The lowest BCUT2D eigenvalue weighted by atomic mass is 9.98. The van der Waals surface area contributed by atoms with Crippen molar-refractivity contribution in [3.63, 3.8) is 0 Å². The van der Waals surface area contributed by atoms with Gasteiger partial charge >= 0.3 is 6.09 Å². The van der Waals surface area contributed by atoms with Crippen molar-refractivity contribution in [1.29, 1.82) is 0 Å². The van der Waals surface area contributed by atoms with Crippen molar-refractivity contribution in [2.75, 3.05) is 20.2 Å². The molecule has 1 aromatic heterocycles. The van der Waals surface area contributed by atoms with Crippen molar-refractivity contribution in [3.05, 3.63) is 111 Å². The van der Waals surface area contributed by atoms with Crippen LogP contribution in [-0.2, 0) is 11.3 Å². The van der Waals surface area contributed by atoms with Crippen LogP contribution >= 0.6 is 11.6 Å². The number of methoxy groups -OCH3 is 1. The Kier molecular flexibility index (Phi) is 9.78. The zero-order chi connectivity index (χ0) is 29.5. The first kappa shape index (κ1) is 29.8. The fourth-order valence-electron chi connectivity index (χ4n) is 4.89. The molecule has 0 spiro atoms. The molecule has 2 amide bonds. The van der Waals surface area contributed by atoms with E-state index in [1.807, 2.05) is 63.2 Å². The second-order valence-corrected chi connectivity index (χ2v) is 10.8. The first-order valence-electron chi connectivity index (χ1n) is 13.6. The van der Waals surface area contributed by atoms with Crippen molar-refractivity contribution in [2.24, 2.45) is 5.92 Å². The van der Waals surface area contributed by atoms with Crippen LogP contribution in [-0.4, -0.2) is 46.7 Å². The average Bonchev–Trinajstić information content (AvgIpc) is 2.96. The van der Waals surface area contributed by atoms with Crippen LogP contribution in [0.2, 0.25) is 5.02 Å². The topological polar surface area (TPSA) is 93.5 Å². The number of fused-ring (bicyclic) bond motifs is 1. The van der Waals surface area contributed by atoms with Crippen molar-refractivity contribution in [2.45, 2.75) is 39.8 Å². The number of benzene rings is 3. The molecule has 4 aromatic rings. The van der Waals surface area contributed by atoms with Gasteiger partial charge in [-0.25, -0.2) is 9.78 Å². The summed E-state index contributed by atoms with van der Waals surface area (Å²) in [4.78, 5) is 46.5. The molecule has 9 heteroatoms. The first-order chi connectivity index (χ1) is 19.7. The van der Waals surface area contributed by atoms with Crippen LogP contribution in [0.4, 0.5) is 4.79 Å². The minimum absolute atomic E-state index is 0.108. The van der Waals surface area contributed by atoms with Crippen LogP contribution in [0.15, 0.2) is 77.6 Å². The van der Waals surface area contributed by atoms with Gasteiger partial charge in [0, 0.05) is 23.7 Å². The summed E-state index contributed by atoms with van der Waals surface area (Å²) in [6.07, 6.45) is -0.0651. The molecule has 1 N–H and O–H groups in total. The number of nitrogens with one attached hydrogen (secondary N) is 1. The standard InChI is InChI=1S/C32H35ClN4O4/c1-21(2)28(36(18-8-17-34-32(40)41-4)30(38)24-13-11-22(3)12-14-24)29-35-27-19-25(33)15-16-26(27)31(39)37(29)20-23-9-6-5-7-10-23/h5-7,9-16,19,21,28H,8,17-18,20H2,1-4H3,(H,34,40)/t28-/m1/s1. The summed E-state index contributed by atoms with van der Waals surface area (Å²) in [6, 6.07) is 21.6. The van der Waals surface area contributed by atoms with Gasteiger partial charge in [0.05, 0.1) is 30.6 Å². The third-order valence-electron chi connectivity index (χ3n) is 6.95. The van der Waals surface area contributed by atoms with E-state index in [9.17, 15) is 14.4 Å². The molecular weight excluding hydrogens is 540 g/mol. The van der Waals surface area contributed by atoms with Crippen molar-refractivity contribution < 1.29 is 14.3 Å². The van der Waals surface area contributed by atoms with Crippen molar-refractivity contribution in [1.82, 2.24) is 19.8 Å². The SMILES string of the molecule is COC(=O)NCCCN(C(=O)c1ccc(C)cc1)[C@@H](c1nc2cc(Cl)ccc2c(=O)n1Cc1ccccc1)C(C)C. The molecule has 0 aliphatic rings. The fourth-order valence-corrected chi connectivity index (χ4v) is 5.06. The molecule has 8 nitrogen and oxygen atoms in total. The van der Waals surface area contributed by atoms with Gasteiger partial charge in [-0.2, -0.15) is 0 Å². The van der Waals surface area contributed by atoms with Gasteiger partial charge in [-0.05, 0) is 55.2 Å². The minimum Gasteiger partial charge on any atom is -0.453 e. The van der Waals surface area contributed by atoms with Crippen LogP contribution in [0.3, 0.4) is 0 Å². The van der Waals surface area contributed by atoms with Gasteiger partial charge in [-0.15, -0.1) is 0 Å². The number of alkyl carbamates (subject to hydrolysis) is 1. The molecule has 41 heavy (non-hydrogen) atoms. The van der Waals surface area contributed by atoms with Crippen LogP contribution < -0.4 is 10.9 Å². The number of aromatic nitrogens is 2. The van der Waals surface area contributed by atoms with Crippen molar-refractivity contribution >= 4 is 34.5 Å². The molecule has 0 aliphatic heterocycles. The highest BCUT2D eigenvalue weighted by atomic mass is 35.5. The molecule has 4 rings (SSSR count). The Balaban J connectivity index is 1.86. The number of amides is 2. The molecule has 0 saturated heterocycles. The number of ether oxygens (including phenoxy) is 1. The number of halogens is 1.